The van der Waals surface area contributed by atoms with Gasteiger partial charge in [-0.2, -0.15) is 0 Å². The lowest BCUT2D eigenvalue weighted by molar-refractivity contribution is 0.439. The maximum Gasteiger partial charge on any atom is 0.226 e. The first kappa shape index (κ1) is 11.3. The Kier molecular flexibility index (Phi) is 3.20. The van der Waals surface area contributed by atoms with E-state index in [1.54, 1.807) is 18.3 Å². The molecule has 2 heterocycles. The molecule has 0 spiro atoms. The summed E-state index contributed by atoms with van der Waals surface area (Å²) < 4.78 is 0. The monoisotopic (exact) mass is 247 g/mol. The zero-order valence-electron chi connectivity index (χ0n) is 8.66. The zero-order chi connectivity index (χ0) is 12.3. The van der Waals surface area contributed by atoms with Gasteiger partial charge in [0.2, 0.25) is 5.88 Å². The van der Waals surface area contributed by atoms with Crippen LogP contribution in [0.5, 0.6) is 5.88 Å². The lowest BCUT2D eigenvalue weighted by Crippen LogP contribution is -2.12. The minimum atomic E-state index is -0.165. The van der Waals surface area contributed by atoms with E-state index in [1.165, 1.54) is 24.3 Å². The fourth-order valence-electron chi connectivity index (χ4n) is 1.19. The first-order valence-electron chi connectivity index (χ1n) is 4.64. The molecule has 6 nitrogen and oxygen atoms in total. The standard InChI is InChI=1S/C10H9N5OS/c11-9(12)6-1-4-14-10(16)8(6)17-7-2-3-13-5-15-7/h1-5H,(H3,11,12)(H,14,16). The van der Waals surface area contributed by atoms with Crippen LogP contribution in [-0.2, 0) is 0 Å². The predicted molar refractivity (Wildman–Crippen MR) is 63.1 cm³/mol. The number of nitrogen functional groups attached to an aromatic ring is 1. The van der Waals surface area contributed by atoms with Crippen LogP contribution < -0.4 is 5.73 Å². The third kappa shape index (κ3) is 2.51. The number of amidine groups is 1. The topological polar surface area (TPSA) is 109 Å². The molecule has 0 radical (unpaired) electrons. The third-order valence-corrected chi connectivity index (χ3v) is 2.99. The molecule has 0 bridgehead atoms. The summed E-state index contributed by atoms with van der Waals surface area (Å²) >= 11 is 1.18. The summed E-state index contributed by atoms with van der Waals surface area (Å²) in [5.41, 5.74) is 5.87. The molecule has 0 unspecified atom stereocenters. The first-order valence-corrected chi connectivity index (χ1v) is 5.46. The Labute approximate surface area is 101 Å². The molecule has 0 saturated heterocycles. The summed E-state index contributed by atoms with van der Waals surface area (Å²) in [6.07, 6.45) is 4.40. The fraction of sp³-hybridized carbons (Fsp3) is 0. The Balaban J connectivity index is 2.41. The largest absolute Gasteiger partial charge is 0.492 e. The molecule has 0 aliphatic heterocycles. The lowest BCUT2D eigenvalue weighted by Gasteiger charge is -2.07. The molecule has 4 N–H and O–H groups in total. The maximum atomic E-state index is 9.67. The molecule has 17 heavy (non-hydrogen) atoms. The Morgan fingerprint density at radius 3 is 2.76 bits per heavy atom. The molecular weight excluding hydrogens is 238 g/mol. The van der Waals surface area contributed by atoms with Crippen molar-refractivity contribution in [2.75, 3.05) is 0 Å². The highest BCUT2D eigenvalue weighted by Crippen LogP contribution is 2.34. The summed E-state index contributed by atoms with van der Waals surface area (Å²) in [6.45, 7) is 0. The van der Waals surface area contributed by atoms with Gasteiger partial charge >= 0.3 is 0 Å². The van der Waals surface area contributed by atoms with Gasteiger partial charge in [-0.15, -0.1) is 0 Å². The van der Waals surface area contributed by atoms with E-state index in [-0.39, 0.29) is 11.7 Å². The van der Waals surface area contributed by atoms with Crippen molar-refractivity contribution in [1.29, 1.82) is 5.41 Å². The number of nitrogens with two attached hydrogens (primary N) is 1. The van der Waals surface area contributed by atoms with E-state index < -0.39 is 0 Å². The van der Waals surface area contributed by atoms with Crippen molar-refractivity contribution < 1.29 is 5.11 Å². The number of aromatic hydroxyl groups is 1. The van der Waals surface area contributed by atoms with Crippen LogP contribution in [0.2, 0.25) is 0 Å². The number of nitrogens with zero attached hydrogens (tertiary/aromatic N) is 3. The summed E-state index contributed by atoms with van der Waals surface area (Å²) in [5, 5.41) is 17.7. The molecule has 0 aliphatic carbocycles. The number of hydrogen-bond acceptors (Lipinski definition) is 6. The maximum absolute atomic E-state index is 9.67. The van der Waals surface area contributed by atoms with Gasteiger partial charge in [-0.1, -0.05) is 11.8 Å². The number of rotatable bonds is 3. The third-order valence-electron chi connectivity index (χ3n) is 1.94. The van der Waals surface area contributed by atoms with Gasteiger partial charge in [0.05, 0.1) is 4.90 Å². The Hall–Kier alpha value is -2.15. The normalized spacial score (nSPS) is 10.1. The van der Waals surface area contributed by atoms with Gasteiger partial charge in [0.25, 0.3) is 0 Å². The van der Waals surface area contributed by atoms with Crippen LogP contribution in [0.15, 0.2) is 40.8 Å². The van der Waals surface area contributed by atoms with Gasteiger partial charge in [0.15, 0.2) is 0 Å². The summed E-state index contributed by atoms with van der Waals surface area (Å²) in [7, 11) is 0. The second-order valence-corrected chi connectivity index (χ2v) is 4.11. The molecule has 86 valence electrons. The smallest absolute Gasteiger partial charge is 0.226 e. The molecule has 0 amide bonds. The number of nitrogens with one attached hydrogen (secondary N) is 1. The van der Waals surface area contributed by atoms with Gasteiger partial charge in [0, 0.05) is 18.0 Å². The molecule has 7 heteroatoms. The summed E-state index contributed by atoms with van der Waals surface area (Å²) in [5.74, 6) is -0.291. The second kappa shape index (κ2) is 4.79. The highest BCUT2D eigenvalue weighted by Gasteiger charge is 2.13. The average molecular weight is 247 g/mol. The number of aromatic nitrogens is 3. The molecule has 0 saturated carbocycles. The van der Waals surface area contributed by atoms with Gasteiger partial charge in [-0.3, -0.25) is 5.41 Å². The molecule has 2 aromatic rings. The van der Waals surface area contributed by atoms with Crippen molar-refractivity contribution in [2.24, 2.45) is 5.73 Å². The van der Waals surface area contributed by atoms with Crippen LogP contribution in [0.25, 0.3) is 0 Å². The van der Waals surface area contributed by atoms with Gasteiger partial charge in [-0.25, -0.2) is 15.0 Å². The zero-order valence-corrected chi connectivity index (χ0v) is 9.48. The lowest BCUT2D eigenvalue weighted by atomic mass is 10.2. The Morgan fingerprint density at radius 2 is 2.12 bits per heavy atom. The SMILES string of the molecule is N=C(N)c1ccnc(O)c1Sc1ccncn1. The molecule has 2 rings (SSSR count). The fourth-order valence-corrected chi connectivity index (χ4v) is 2.06. The summed E-state index contributed by atoms with van der Waals surface area (Å²) in [6, 6.07) is 3.27. The van der Waals surface area contributed by atoms with Crippen molar-refractivity contribution >= 4 is 17.6 Å². The number of pyridine rings is 1. The van der Waals surface area contributed by atoms with Gasteiger partial charge in [0.1, 0.15) is 17.2 Å². The van der Waals surface area contributed by atoms with E-state index in [9.17, 15) is 5.11 Å². The van der Waals surface area contributed by atoms with Crippen LogP contribution in [0.1, 0.15) is 5.56 Å². The van der Waals surface area contributed by atoms with Crippen LogP contribution in [-0.4, -0.2) is 25.9 Å². The van der Waals surface area contributed by atoms with Crippen LogP contribution >= 0.6 is 11.8 Å². The van der Waals surface area contributed by atoms with Crippen molar-refractivity contribution in [2.45, 2.75) is 9.92 Å². The van der Waals surface area contributed by atoms with E-state index in [0.29, 0.717) is 15.5 Å². The van der Waals surface area contributed by atoms with Crippen LogP contribution in [0, 0.1) is 5.41 Å². The Bertz CT molecular complexity index is 546. The van der Waals surface area contributed by atoms with E-state index in [4.69, 9.17) is 11.1 Å². The van der Waals surface area contributed by atoms with Crippen molar-refractivity contribution in [3.05, 3.63) is 36.4 Å². The number of hydrogen-bond donors (Lipinski definition) is 3. The van der Waals surface area contributed by atoms with Crippen molar-refractivity contribution in [3.63, 3.8) is 0 Å². The second-order valence-electron chi connectivity index (χ2n) is 3.07. The Morgan fingerprint density at radius 1 is 1.29 bits per heavy atom. The molecule has 2 aromatic heterocycles. The van der Waals surface area contributed by atoms with Gasteiger partial charge in [-0.05, 0) is 12.1 Å². The van der Waals surface area contributed by atoms with Crippen molar-refractivity contribution in [1.82, 2.24) is 15.0 Å². The van der Waals surface area contributed by atoms with E-state index >= 15 is 0 Å². The molecule has 0 atom stereocenters. The highest BCUT2D eigenvalue weighted by molar-refractivity contribution is 7.99. The molecule has 0 aromatic carbocycles. The molecule has 0 aliphatic rings. The van der Waals surface area contributed by atoms with Crippen molar-refractivity contribution in [3.8, 4) is 5.88 Å². The molecular formula is C10H9N5OS. The average Bonchev–Trinajstić information content (AvgIpc) is 2.33. The minimum Gasteiger partial charge on any atom is -0.492 e. The van der Waals surface area contributed by atoms with Crippen LogP contribution in [0.4, 0.5) is 0 Å². The molecule has 0 fully saturated rings. The first-order chi connectivity index (χ1) is 8.18. The quantitative estimate of drug-likeness (QED) is 0.424. The van der Waals surface area contributed by atoms with Gasteiger partial charge < -0.3 is 10.8 Å². The minimum absolute atomic E-state index is 0.126. The van der Waals surface area contributed by atoms with E-state index in [2.05, 4.69) is 15.0 Å². The predicted octanol–water partition coefficient (Wildman–Crippen LogP) is 1.01. The van der Waals surface area contributed by atoms with Crippen LogP contribution in [0.3, 0.4) is 0 Å². The summed E-state index contributed by atoms with van der Waals surface area (Å²) in [4.78, 5) is 12.0. The van der Waals surface area contributed by atoms with E-state index in [0.717, 1.165) is 0 Å². The van der Waals surface area contributed by atoms with E-state index in [1.807, 2.05) is 0 Å². The highest BCUT2D eigenvalue weighted by atomic mass is 32.2.